The molecule has 0 aromatic heterocycles. The summed E-state index contributed by atoms with van der Waals surface area (Å²) in [5.74, 6) is -1.41. The van der Waals surface area contributed by atoms with Crippen LogP contribution in [0.5, 0.6) is 0 Å². The first-order valence-corrected chi connectivity index (χ1v) is 4.69. The van der Waals surface area contributed by atoms with Crippen LogP contribution in [-0.2, 0) is 9.59 Å². The predicted octanol–water partition coefficient (Wildman–Crippen LogP) is 0.137. The van der Waals surface area contributed by atoms with Crippen molar-refractivity contribution in [1.29, 1.82) is 0 Å². The van der Waals surface area contributed by atoms with Crippen molar-refractivity contribution in [2.75, 3.05) is 11.4 Å². The van der Waals surface area contributed by atoms with Crippen LogP contribution in [0.25, 0.3) is 0 Å². The minimum Gasteiger partial charge on any atom is -0.366 e. The third kappa shape index (κ3) is 2.25. The molecule has 0 heterocycles. The lowest BCUT2D eigenvalue weighted by Crippen LogP contribution is -2.33. The van der Waals surface area contributed by atoms with Crippen molar-refractivity contribution < 1.29 is 14.4 Å². The fourth-order valence-corrected chi connectivity index (χ4v) is 1.36. The first-order valence-electron chi connectivity index (χ1n) is 4.69. The van der Waals surface area contributed by atoms with Gasteiger partial charge in [0.25, 0.3) is 11.8 Å². The second-order valence-electron chi connectivity index (χ2n) is 2.99. The zero-order valence-electron chi connectivity index (χ0n) is 8.77. The van der Waals surface area contributed by atoms with E-state index in [9.17, 15) is 14.4 Å². The number of hydrogen-bond acceptors (Lipinski definition) is 3. The molecule has 5 heteroatoms. The van der Waals surface area contributed by atoms with Crippen LogP contribution in [0.15, 0.2) is 18.2 Å². The summed E-state index contributed by atoms with van der Waals surface area (Å²) in [7, 11) is 0. The predicted molar refractivity (Wildman–Crippen MR) is 57.9 cm³/mol. The van der Waals surface area contributed by atoms with Crippen LogP contribution in [0.1, 0.15) is 17.3 Å². The third-order valence-corrected chi connectivity index (χ3v) is 2.05. The summed E-state index contributed by atoms with van der Waals surface area (Å²) in [5, 5.41) is 0. The Balaban J connectivity index is 3.24. The van der Waals surface area contributed by atoms with Crippen molar-refractivity contribution in [3.63, 3.8) is 0 Å². The number of anilines is 1. The van der Waals surface area contributed by atoms with Crippen molar-refractivity contribution in [2.45, 2.75) is 6.92 Å². The molecule has 2 N–H and O–H groups in total. The van der Waals surface area contributed by atoms with Gasteiger partial charge in [-0.25, -0.2) is 0 Å². The largest absolute Gasteiger partial charge is 0.366 e. The van der Waals surface area contributed by atoms with Crippen LogP contribution in [0, 0.1) is 6.07 Å². The lowest BCUT2D eigenvalue weighted by Gasteiger charge is -2.20. The molecule has 0 saturated carbocycles. The van der Waals surface area contributed by atoms with Gasteiger partial charge >= 0.3 is 0 Å². The van der Waals surface area contributed by atoms with Gasteiger partial charge in [0.15, 0.2) is 0 Å². The summed E-state index contributed by atoms with van der Waals surface area (Å²) in [6.45, 7) is 1.97. The SMILES string of the molecule is CCN(C(=O)C=O)c1ccc[c]c1C(N)=O. The molecule has 2 amide bonds. The van der Waals surface area contributed by atoms with Crippen LogP contribution in [0.4, 0.5) is 5.69 Å². The van der Waals surface area contributed by atoms with Gasteiger partial charge in [-0.3, -0.25) is 14.4 Å². The second-order valence-corrected chi connectivity index (χ2v) is 2.99. The standard InChI is InChI=1S/C11H11N2O3/c1-2-13(10(15)7-14)9-6-4-3-5-8(9)11(12)16/h3-4,6-7H,2H2,1H3,(H2,12,16). The van der Waals surface area contributed by atoms with E-state index in [1.54, 1.807) is 19.1 Å². The summed E-state index contributed by atoms with van der Waals surface area (Å²) in [6.07, 6.45) is 0.196. The van der Waals surface area contributed by atoms with E-state index in [1.165, 1.54) is 11.0 Å². The van der Waals surface area contributed by atoms with Crippen molar-refractivity contribution in [3.05, 3.63) is 29.8 Å². The van der Waals surface area contributed by atoms with E-state index in [0.717, 1.165) is 0 Å². The average molecular weight is 219 g/mol. The number of carbonyl (C=O) groups excluding carboxylic acids is 3. The molecule has 1 radical (unpaired) electrons. The van der Waals surface area contributed by atoms with Gasteiger partial charge in [0.1, 0.15) is 0 Å². The van der Waals surface area contributed by atoms with Gasteiger partial charge < -0.3 is 10.6 Å². The molecule has 0 aliphatic carbocycles. The fourth-order valence-electron chi connectivity index (χ4n) is 1.36. The molecule has 0 spiro atoms. The Morgan fingerprint density at radius 3 is 2.75 bits per heavy atom. The van der Waals surface area contributed by atoms with Crippen LogP contribution < -0.4 is 10.6 Å². The molecule has 5 nitrogen and oxygen atoms in total. The molecule has 0 fully saturated rings. The van der Waals surface area contributed by atoms with E-state index in [1.807, 2.05) is 0 Å². The Kier molecular flexibility index (Phi) is 3.77. The highest BCUT2D eigenvalue weighted by molar-refractivity contribution is 6.31. The first-order chi connectivity index (χ1) is 7.61. The van der Waals surface area contributed by atoms with E-state index in [-0.39, 0.29) is 18.4 Å². The number of likely N-dealkylation sites (N-methyl/N-ethyl adjacent to an activating group) is 1. The molecule has 1 rings (SSSR count). The number of amides is 2. The Hall–Kier alpha value is -2.17. The number of nitrogens with zero attached hydrogens (tertiary/aromatic N) is 1. The number of benzene rings is 1. The molecule has 0 atom stereocenters. The van der Waals surface area contributed by atoms with Gasteiger partial charge in [-0.1, -0.05) is 12.1 Å². The molecule has 0 aliphatic rings. The van der Waals surface area contributed by atoms with Gasteiger partial charge in [0, 0.05) is 6.54 Å². The maximum absolute atomic E-state index is 11.3. The Bertz CT molecular complexity index is 429. The number of hydrogen-bond donors (Lipinski definition) is 1. The van der Waals surface area contributed by atoms with Gasteiger partial charge in [-0.2, -0.15) is 0 Å². The van der Waals surface area contributed by atoms with Gasteiger partial charge in [0.2, 0.25) is 6.29 Å². The van der Waals surface area contributed by atoms with E-state index < -0.39 is 11.8 Å². The number of rotatable bonds is 4. The summed E-state index contributed by atoms with van der Waals surface area (Å²) in [5.41, 5.74) is 5.55. The lowest BCUT2D eigenvalue weighted by atomic mass is 10.1. The Labute approximate surface area is 92.8 Å². The second kappa shape index (κ2) is 5.06. The molecule has 0 bridgehead atoms. The molecular formula is C11H11N2O3. The van der Waals surface area contributed by atoms with E-state index in [4.69, 9.17) is 5.73 Å². The van der Waals surface area contributed by atoms with Crippen molar-refractivity contribution >= 4 is 23.8 Å². The van der Waals surface area contributed by atoms with Crippen molar-refractivity contribution in [1.82, 2.24) is 0 Å². The quantitative estimate of drug-likeness (QED) is 0.577. The van der Waals surface area contributed by atoms with Crippen LogP contribution in [-0.4, -0.2) is 24.6 Å². The minimum absolute atomic E-state index is 0.0968. The molecule has 1 aromatic rings. The zero-order chi connectivity index (χ0) is 12.1. The van der Waals surface area contributed by atoms with Crippen molar-refractivity contribution in [2.24, 2.45) is 5.73 Å². The highest BCUT2D eigenvalue weighted by Crippen LogP contribution is 2.19. The minimum atomic E-state index is -0.718. The molecule has 16 heavy (non-hydrogen) atoms. The average Bonchev–Trinajstić information content (AvgIpc) is 2.30. The topological polar surface area (TPSA) is 80.5 Å². The molecule has 0 aliphatic heterocycles. The molecule has 0 saturated heterocycles. The summed E-state index contributed by atoms with van der Waals surface area (Å²) in [4.78, 5) is 34.0. The smallest absolute Gasteiger partial charge is 0.291 e. The van der Waals surface area contributed by atoms with E-state index >= 15 is 0 Å². The molecule has 1 aromatic carbocycles. The van der Waals surface area contributed by atoms with Gasteiger partial charge in [-0.05, 0) is 19.1 Å². The van der Waals surface area contributed by atoms with Gasteiger partial charge in [0.05, 0.1) is 11.3 Å². The number of carbonyl (C=O) groups is 3. The maximum atomic E-state index is 11.3. The Morgan fingerprint density at radius 2 is 2.25 bits per heavy atom. The Morgan fingerprint density at radius 1 is 1.56 bits per heavy atom. The monoisotopic (exact) mass is 219 g/mol. The highest BCUT2D eigenvalue weighted by Gasteiger charge is 2.18. The maximum Gasteiger partial charge on any atom is 0.291 e. The summed E-state index contributed by atoms with van der Waals surface area (Å²) >= 11 is 0. The van der Waals surface area contributed by atoms with E-state index in [2.05, 4.69) is 6.07 Å². The highest BCUT2D eigenvalue weighted by atomic mass is 16.2. The normalized spacial score (nSPS) is 9.56. The lowest BCUT2D eigenvalue weighted by molar-refractivity contribution is -0.129. The van der Waals surface area contributed by atoms with Crippen LogP contribution in [0.2, 0.25) is 0 Å². The van der Waals surface area contributed by atoms with Crippen LogP contribution in [0.3, 0.4) is 0 Å². The fraction of sp³-hybridized carbons (Fsp3) is 0.182. The first kappa shape index (κ1) is 11.9. The number of primary amides is 1. The van der Waals surface area contributed by atoms with Gasteiger partial charge in [-0.15, -0.1) is 0 Å². The van der Waals surface area contributed by atoms with Crippen molar-refractivity contribution in [3.8, 4) is 0 Å². The number of nitrogens with two attached hydrogens (primary N) is 1. The van der Waals surface area contributed by atoms with E-state index in [0.29, 0.717) is 5.69 Å². The third-order valence-electron chi connectivity index (χ3n) is 2.05. The molecule has 83 valence electrons. The summed E-state index contributed by atoms with van der Waals surface area (Å²) < 4.78 is 0. The number of aldehydes is 1. The molecule has 0 unspecified atom stereocenters. The summed E-state index contributed by atoms with van der Waals surface area (Å²) in [6, 6.07) is 7.32. The zero-order valence-corrected chi connectivity index (χ0v) is 8.77. The molecular weight excluding hydrogens is 208 g/mol. The van der Waals surface area contributed by atoms with Crippen LogP contribution >= 0.6 is 0 Å².